The highest BCUT2D eigenvalue weighted by Crippen LogP contribution is 2.40. The van der Waals surface area contributed by atoms with Gasteiger partial charge < -0.3 is 0 Å². The van der Waals surface area contributed by atoms with Gasteiger partial charge >= 0.3 is 0 Å². The molecule has 2 aromatic rings. The number of thioether (sulfide) groups is 1. The first-order chi connectivity index (χ1) is 12.0. The molecule has 0 radical (unpaired) electrons. The minimum absolute atomic E-state index is 0.549. The summed E-state index contributed by atoms with van der Waals surface area (Å²) in [4.78, 5) is 13.5. The van der Waals surface area contributed by atoms with Gasteiger partial charge in [0.2, 0.25) is 0 Å². The summed E-state index contributed by atoms with van der Waals surface area (Å²) in [5.74, 6) is 2.86. The molecule has 3 heterocycles. The Bertz CT molecular complexity index is 860. The number of hydrogen-bond acceptors (Lipinski definition) is 4. The molecule has 0 spiro atoms. The molecule has 0 amide bonds. The van der Waals surface area contributed by atoms with Crippen molar-refractivity contribution in [3.8, 4) is 12.3 Å². The molecule has 5 heteroatoms. The average Bonchev–Trinajstić information content (AvgIpc) is 2.57. The number of nitrogens with zero attached hydrogens (tertiary/aromatic N) is 4. The van der Waals surface area contributed by atoms with Gasteiger partial charge in [-0.05, 0) is 44.4 Å². The summed E-state index contributed by atoms with van der Waals surface area (Å²) in [6.45, 7) is 7.48. The smallest absolute Gasteiger partial charge is 0.197 e. The number of hydrogen-bond donors (Lipinski definition) is 0. The van der Waals surface area contributed by atoms with Crippen molar-refractivity contribution in [3.05, 3.63) is 64.7 Å². The molecule has 0 saturated heterocycles. The van der Waals surface area contributed by atoms with Gasteiger partial charge in [0.25, 0.3) is 0 Å². The van der Waals surface area contributed by atoms with E-state index in [9.17, 15) is 0 Å². The van der Waals surface area contributed by atoms with Crippen LogP contribution in [0.4, 0.5) is 5.69 Å². The van der Waals surface area contributed by atoms with Crippen LogP contribution in [0.1, 0.15) is 18.3 Å². The minimum atomic E-state index is 0.549. The van der Waals surface area contributed by atoms with Crippen LogP contribution in [0.3, 0.4) is 0 Å². The molecule has 1 aliphatic rings. The summed E-state index contributed by atoms with van der Waals surface area (Å²) in [5.41, 5.74) is 4.30. The normalized spacial score (nSPS) is 19.8. The van der Waals surface area contributed by atoms with Gasteiger partial charge in [0.1, 0.15) is 6.54 Å². The lowest BCUT2D eigenvalue weighted by Gasteiger charge is -2.38. The molecule has 3 rings (SSSR count). The third kappa shape index (κ3) is 3.65. The van der Waals surface area contributed by atoms with Gasteiger partial charge in [-0.25, -0.2) is 14.5 Å². The maximum atomic E-state index is 5.76. The third-order valence-corrected chi connectivity index (χ3v) is 5.17. The van der Waals surface area contributed by atoms with Crippen molar-refractivity contribution >= 4 is 17.4 Å². The average molecular weight is 349 g/mol. The number of aryl methyl sites for hydroxylation is 2. The lowest BCUT2D eigenvalue weighted by Crippen LogP contribution is -2.50. The Morgan fingerprint density at radius 1 is 1.20 bits per heavy atom. The summed E-state index contributed by atoms with van der Waals surface area (Å²) >= 11 is 1.58. The van der Waals surface area contributed by atoms with Crippen molar-refractivity contribution < 1.29 is 0 Å². The zero-order valence-corrected chi connectivity index (χ0v) is 15.5. The van der Waals surface area contributed by atoms with E-state index in [0.29, 0.717) is 11.0 Å². The van der Waals surface area contributed by atoms with E-state index in [1.165, 1.54) is 5.57 Å². The number of allylic oxidation sites excluding steroid dienone is 2. The second-order valence-electron chi connectivity index (χ2n) is 6.25. The van der Waals surface area contributed by atoms with Gasteiger partial charge in [0, 0.05) is 41.5 Å². The summed E-state index contributed by atoms with van der Waals surface area (Å²) in [6.07, 6.45) is 13.7. The quantitative estimate of drug-likeness (QED) is 0.475. The van der Waals surface area contributed by atoms with Gasteiger partial charge in [-0.1, -0.05) is 6.08 Å². The van der Waals surface area contributed by atoms with Crippen molar-refractivity contribution in [2.75, 3.05) is 13.1 Å². The fourth-order valence-corrected chi connectivity index (χ4v) is 4.18. The SMILES string of the molecule is C#CC[N+]1(c2cccnc2)CC(C)=CC=C1Sc1nc(C)cc(C)n1. The van der Waals surface area contributed by atoms with Crippen LogP contribution in [0.15, 0.2) is 58.5 Å². The Balaban J connectivity index is 2.08. The Hall–Kier alpha value is -2.42. The monoisotopic (exact) mass is 349 g/mol. The number of aromatic nitrogens is 3. The van der Waals surface area contributed by atoms with Crippen LogP contribution in [-0.4, -0.2) is 28.0 Å². The summed E-state index contributed by atoms with van der Waals surface area (Å²) < 4.78 is 0.549. The second-order valence-corrected chi connectivity index (χ2v) is 7.24. The fraction of sp³-hybridized carbons (Fsp3) is 0.250. The maximum absolute atomic E-state index is 5.76. The lowest BCUT2D eigenvalue weighted by atomic mass is 10.1. The van der Waals surface area contributed by atoms with Gasteiger partial charge in [-0.3, -0.25) is 4.98 Å². The van der Waals surface area contributed by atoms with Gasteiger partial charge in [0.15, 0.2) is 22.4 Å². The molecule has 1 unspecified atom stereocenters. The van der Waals surface area contributed by atoms with Gasteiger partial charge in [0.05, 0.1) is 6.20 Å². The molecule has 0 aliphatic carbocycles. The Labute approximate surface area is 153 Å². The largest absolute Gasteiger partial charge is 0.258 e. The van der Waals surface area contributed by atoms with Gasteiger partial charge in [-0.2, -0.15) is 0 Å². The zero-order chi connectivity index (χ0) is 17.9. The summed E-state index contributed by atoms with van der Waals surface area (Å²) in [7, 11) is 0. The second kappa shape index (κ2) is 7.22. The van der Waals surface area contributed by atoms with Crippen LogP contribution in [0.5, 0.6) is 0 Å². The zero-order valence-electron chi connectivity index (χ0n) is 14.7. The van der Waals surface area contributed by atoms with Gasteiger partial charge in [-0.15, -0.1) is 6.42 Å². The molecule has 25 heavy (non-hydrogen) atoms. The first kappa shape index (κ1) is 17.4. The molecule has 126 valence electrons. The lowest BCUT2D eigenvalue weighted by molar-refractivity contribution is 0.427. The van der Waals surface area contributed by atoms with Crippen LogP contribution < -0.4 is 4.48 Å². The molecular formula is C20H21N4S+. The summed E-state index contributed by atoms with van der Waals surface area (Å²) in [6, 6.07) is 6.02. The minimum Gasteiger partial charge on any atom is -0.258 e. The number of quaternary nitrogens is 1. The van der Waals surface area contributed by atoms with E-state index in [4.69, 9.17) is 6.42 Å². The molecule has 0 saturated carbocycles. The number of pyridine rings is 1. The Morgan fingerprint density at radius 3 is 2.60 bits per heavy atom. The van der Waals surface area contributed by atoms with Crippen LogP contribution in [0.25, 0.3) is 0 Å². The van der Waals surface area contributed by atoms with Crippen LogP contribution in [0, 0.1) is 26.2 Å². The highest BCUT2D eigenvalue weighted by atomic mass is 32.2. The predicted molar refractivity (Wildman–Crippen MR) is 104 cm³/mol. The molecule has 0 N–H and O–H groups in total. The predicted octanol–water partition coefficient (Wildman–Crippen LogP) is 4.02. The van der Waals surface area contributed by atoms with E-state index in [1.54, 1.807) is 18.0 Å². The van der Waals surface area contributed by atoms with E-state index < -0.39 is 0 Å². The topological polar surface area (TPSA) is 38.7 Å². The molecule has 0 bridgehead atoms. The third-order valence-electron chi connectivity index (χ3n) is 4.11. The van der Waals surface area contributed by atoms with Crippen LogP contribution in [-0.2, 0) is 0 Å². The van der Waals surface area contributed by atoms with E-state index in [0.717, 1.165) is 33.8 Å². The molecular weight excluding hydrogens is 328 g/mol. The number of terminal acetylenes is 1. The Morgan fingerprint density at radius 2 is 1.96 bits per heavy atom. The molecule has 0 aromatic carbocycles. The first-order valence-electron chi connectivity index (χ1n) is 8.13. The number of rotatable bonds is 4. The standard InChI is InChI=1S/C20H21N4S/c1-5-11-24(18-7-6-10-21-13-18)14-15(2)8-9-19(24)25-20-22-16(3)12-17(4)23-20/h1,6-10,12-13H,11,14H2,2-4H3/q+1. The van der Waals surface area contributed by atoms with Crippen molar-refractivity contribution in [2.45, 2.75) is 25.9 Å². The van der Waals surface area contributed by atoms with Crippen molar-refractivity contribution in [3.63, 3.8) is 0 Å². The first-order valence-corrected chi connectivity index (χ1v) is 8.94. The van der Waals surface area contributed by atoms with Crippen LogP contribution >= 0.6 is 11.8 Å². The van der Waals surface area contributed by atoms with Crippen molar-refractivity contribution in [1.29, 1.82) is 0 Å². The van der Waals surface area contributed by atoms with E-state index >= 15 is 0 Å². The van der Waals surface area contributed by atoms with Crippen molar-refractivity contribution in [2.24, 2.45) is 0 Å². The fourth-order valence-electron chi connectivity index (χ4n) is 3.07. The van der Waals surface area contributed by atoms with E-state index in [-0.39, 0.29) is 0 Å². The van der Waals surface area contributed by atoms with Crippen molar-refractivity contribution in [1.82, 2.24) is 19.4 Å². The Kier molecular flexibility index (Phi) is 5.03. The molecule has 0 fully saturated rings. The van der Waals surface area contributed by atoms with Crippen LogP contribution in [0.2, 0.25) is 0 Å². The van der Waals surface area contributed by atoms with E-state index in [1.807, 2.05) is 32.2 Å². The maximum Gasteiger partial charge on any atom is 0.197 e. The van der Waals surface area contributed by atoms with E-state index in [2.05, 4.69) is 46.0 Å². The highest BCUT2D eigenvalue weighted by molar-refractivity contribution is 8.03. The highest BCUT2D eigenvalue weighted by Gasteiger charge is 2.38. The summed E-state index contributed by atoms with van der Waals surface area (Å²) in [5, 5.41) is 1.86. The molecule has 1 atom stereocenters. The molecule has 4 nitrogen and oxygen atoms in total. The molecule has 1 aliphatic heterocycles. The molecule has 2 aromatic heterocycles.